The number of primary amides is 1. The molecular formula is C69H77Cl2N9O28S2. The molecule has 5 aromatic carbocycles. The van der Waals surface area contributed by atoms with Crippen molar-refractivity contribution in [3.8, 4) is 57.1 Å². The van der Waals surface area contributed by atoms with Gasteiger partial charge in [0, 0.05) is 36.2 Å². The Kier molecular flexibility index (Phi) is 25.6. The number of aliphatic hydroxyl groups is 6. The molecule has 7 aliphatic heterocycles. The Morgan fingerprint density at radius 3 is 1.95 bits per heavy atom. The van der Waals surface area contributed by atoms with Crippen LogP contribution in [0.1, 0.15) is 105 Å². The van der Waals surface area contributed by atoms with Crippen LogP contribution in [0.4, 0.5) is 9.59 Å². The van der Waals surface area contributed by atoms with E-state index in [1.54, 1.807) is 13.8 Å². The minimum atomic E-state index is -2.43. The molecule has 37 nitrogen and oxygen atoms in total. The van der Waals surface area contributed by atoms with Crippen LogP contribution < -0.4 is 57.2 Å². The van der Waals surface area contributed by atoms with Gasteiger partial charge >= 0.3 is 18.2 Å². The van der Waals surface area contributed by atoms with E-state index in [1.165, 1.54) is 20.9 Å². The van der Waals surface area contributed by atoms with Gasteiger partial charge in [0.25, 0.3) is 0 Å². The van der Waals surface area contributed by atoms with Crippen molar-refractivity contribution < 1.29 is 136 Å². The SMILES string of the molecule is COC(=O)N[C@@]1(C)C[C@H](O[C@H]2[C@H](Oc3c4cc5cc3Oc3ccc(cc3Cl)[C@@H](O)[C@@H](NC(=O)[C@@H](CC(C)C)N(C)C(=O)O[SH]=S)C(=O)N[C@@H](CC(N)=O)C(=O)N[C@H]5C(=O)N[C@H]3C(=O)N[C@H](C(=O)NC(C(=O)O)c5cc(O)cc(O)c5-c5cc3ccc5O)[C@H](O)c3ccc(c(Cl)c3)O4)O[C@H](CO)[C@@H](O)[C@@H]2O)O[C@@H](C)[C@H]1O. The summed E-state index contributed by atoms with van der Waals surface area (Å²) in [6, 6.07) is -2.28. The largest absolute Gasteiger partial charge is 0.508 e. The number of phenolic OH excluding ortho intramolecular Hbond substituents is 3. The van der Waals surface area contributed by atoms with Gasteiger partial charge in [-0.1, -0.05) is 55.2 Å². The molecule has 110 heavy (non-hydrogen) atoms. The molecule has 7 aliphatic rings. The maximum Gasteiger partial charge on any atom is 0.422 e. The van der Waals surface area contributed by atoms with Crippen LogP contribution in [0.15, 0.2) is 78.9 Å². The molecule has 2 fully saturated rings. The van der Waals surface area contributed by atoms with Gasteiger partial charge in [-0.25, -0.2) is 14.4 Å². The predicted octanol–water partition coefficient (Wildman–Crippen LogP) is 0.544. The molecule has 1 unspecified atom stereocenters. The Labute approximate surface area is 642 Å². The number of carboxylic acids is 1. The van der Waals surface area contributed by atoms with Gasteiger partial charge in [-0.3, -0.25) is 38.5 Å². The number of hydrogen-bond donors (Lipinski definition) is 19. The number of phenols is 3. The summed E-state index contributed by atoms with van der Waals surface area (Å²) in [7, 11) is 1.98. The molecule has 18 atom stereocenters. The molecule has 2 saturated heterocycles. The third kappa shape index (κ3) is 17.7. The summed E-state index contributed by atoms with van der Waals surface area (Å²) in [5, 5.41) is 131. The fourth-order valence-corrected chi connectivity index (χ4v) is 14.0. The number of likely N-dealkylation sites (N-methyl/N-ethyl adjacent to an activating group) is 1. The molecule has 9 amide bonds. The number of carboxylic acid groups (broad SMARTS) is 1. The van der Waals surface area contributed by atoms with Crippen LogP contribution >= 0.6 is 23.2 Å². The second-order valence-corrected chi connectivity index (χ2v) is 28.6. The molecule has 0 radical (unpaired) electrons. The summed E-state index contributed by atoms with van der Waals surface area (Å²) < 4.78 is 48.3. The highest BCUT2D eigenvalue weighted by atomic mass is 35.5. The summed E-state index contributed by atoms with van der Waals surface area (Å²) >= 11 is 19.0. The number of aromatic hydroxyl groups is 3. The van der Waals surface area contributed by atoms with Crippen molar-refractivity contribution in [3.63, 3.8) is 0 Å². The van der Waals surface area contributed by atoms with E-state index in [4.69, 9.17) is 77.5 Å². The van der Waals surface area contributed by atoms with Gasteiger partial charge in [0.2, 0.25) is 53.4 Å². The molecule has 0 aromatic heterocycles. The molecule has 0 spiro atoms. The zero-order chi connectivity index (χ0) is 80.4. The maximum atomic E-state index is 16.2. The van der Waals surface area contributed by atoms with E-state index < -0.39 is 272 Å². The van der Waals surface area contributed by atoms with Gasteiger partial charge in [0.1, 0.15) is 102 Å². The Morgan fingerprint density at radius 1 is 0.745 bits per heavy atom. The number of benzene rings is 5. The summed E-state index contributed by atoms with van der Waals surface area (Å²) in [4.78, 5) is 145. The van der Waals surface area contributed by atoms with E-state index in [-0.39, 0.29) is 34.1 Å². The lowest BCUT2D eigenvalue weighted by Crippen LogP contribution is -2.66. The van der Waals surface area contributed by atoms with Gasteiger partial charge in [0.15, 0.2) is 29.9 Å². The Hall–Kier alpha value is -10.0. The number of hydrogen-bond acceptors (Lipinski definition) is 28. The highest BCUT2D eigenvalue weighted by molar-refractivity contribution is 8.15. The minimum absolute atomic E-state index is 0.105. The van der Waals surface area contributed by atoms with Crippen molar-refractivity contribution in [2.45, 2.75) is 156 Å². The van der Waals surface area contributed by atoms with Crippen LogP contribution in [-0.2, 0) is 83.3 Å². The van der Waals surface area contributed by atoms with E-state index in [9.17, 15) is 79.8 Å². The van der Waals surface area contributed by atoms with Crippen LogP contribution in [0.25, 0.3) is 11.1 Å². The molecule has 41 heteroatoms. The van der Waals surface area contributed by atoms with Crippen molar-refractivity contribution in [3.05, 3.63) is 117 Å². The number of fused-ring (bicyclic) bond motifs is 15. The lowest BCUT2D eigenvalue weighted by atomic mass is 9.85. The van der Waals surface area contributed by atoms with Crippen LogP contribution in [0.5, 0.6) is 46.0 Å². The topological polar surface area (TPSA) is 560 Å². The monoisotopic (exact) mass is 1610 g/mol. The number of nitrogens with two attached hydrogens (primary N) is 1. The fraction of sp³-hybridized carbons (Fsp3) is 0.420. The number of thiol groups is 1. The van der Waals surface area contributed by atoms with Crippen molar-refractivity contribution in [2.75, 3.05) is 20.8 Å². The predicted molar refractivity (Wildman–Crippen MR) is 382 cm³/mol. The van der Waals surface area contributed by atoms with Crippen molar-refractivity contribution >= 4 is 104 Å². The van der Waals surface area contributed by atoms with Crippen LogP contribution in [0, 0.1) is 5.92 Å². The number of carbonyl (C=O) groups excluding carboxylic acids is 9. The van der Waals surface area contributed by atoms with Gasteiger partial charge in [-0.15, -0.1) is 0 Å². The molecule has 0 aliphatic carbocycles. The smallest absolute Gasteiger partial charge is 0.422 e. The van der Waals surface area contributed by atoms with E-state index in [0.29, 0.717) is 0 Å². The number of methoxy groups -OCH3 is 1. The Bertz CT molecular complexity index is 4470. The maximum absolute atomic E-state index is 16.2. The van der Waals surface area contributed by atoms with Gasteiger partial charge in [-0.05, 0) is 114 Å². The third-order valence-corrected chi connectivity index (χ3v) is 19.8. The summed E-state index contributed by atoms with van der Waals surface area (Å²) in [6.07, 6.45) is -22.5. The number of nitrogens with one attached hydrogen (secondary N) is 7. The molecular weight excluding hydrogens is 1540 g/mol. The lowest BCUT2D eigenvalue weighted by molar-refractivity contribution is -0.334. The second-order valence-electron chi connectivity index (χ2n) is 27.0. The first-order valence-corrected chi connectivity index (χ1v) is 36.1. The number of aliphatic carboxylic acids is 1. The molecule has 12 rings (SSSR count). The first kappa shape index (κ1) is 82.5. The first-order valence-electron chi connectivity index (χ1n) is 33.6. The average Bonchev–Trinajstić information content (AvgIpc) is 0.770. The third-order valence-electron chi connectivity index (χ3n) is 18.8. The van der Waals surface area contributed by atoms with E-state index in [1.807, 2.05) is 0 Å². The van der Waals surface area contributed by atoms with E-state index in [0.717, 1.165) is 90.9 Å². The van der Waals surface area contributed by atoms with Gasteiger partial charge in [-0.2, -0.15) is 0 Å². The highest BCUT2D eigenvalue weighted by Crippen LogP contribution is 2.50. The number of halogens is 2. The zero-order valence-corrected chi connectivity index (χ0v) is 61.9. The fourth-order valence-electron chi connectivity index (χ4n) is 13.2. The van der Waals surface area contributed by atoms with E-state index in [2.05, 4.69) is 37.2 Å². The van der Waals surface area contributed by atoms with Crippen LogP contribution in [-0.4, -0.2) is 215 Å². The average molecular weight is 1620 g/mol. The van der Waals surface area contributed by atoms with Gasteiger partial charge in [0.05, 0.1) is 52.4 Å². The highest BCUT2D eigenvalue weighted by Gasteiger charge is 2.53. The summed E-state index contributed by atoms with van der Waals surface area (Å²) in [5.74, 6) is -17.4. The van der Waals surface area contributed by atoms with Crippen LogP contribution in [0.2, 0.25) is 10.0 Å². The van der Waals surface area contributed by atoms with E-state index >= 15 is 19.2 Å². The van der Waals surface area contributed by atoms with Crippen molar-refractivity contribution in [2.24, 2.45) is 11.7 Å². The standard InChI is InChI=1S/C69H77Cl2N9O28S2/c1-24(2)13-36(80(5)68(100)108-110-109)60(92)77-50-52(86)27-8-11-39(33(70)15-27)103-41-17-29-18-42(56(41)107-66-57(55(89)54(88)43(23-81)105-66)106-45-22-69(4,79-67(99)101-6)58(90)25(3)102-45)104-40-12-9-28(16-34(40)71)53(87)51-64(96)76-49(65(97)98)32-19-30(82)20-38(84)46(32)31-14-26(7-10-37(31)83)47(61(93)78-51)75-62(94)48(29)74-59(91)35(21-44(72)85)73-63(50)95/h7-12,14-20,24-25,35-36,43,45,47-55,57-58,66,81-84,86-90,110H,13,21-23H2,1-6H3,(H2,72,85)(H,73,95)(H,74,91)(H,75,94)(H,76,96)(H,77,92)(H,78,93)(H,79,99)(H,97,98)/t25-,35-,36+,43+,45-,47+,48+,49?,50+,51-,52+,53+,54+,55-,57+,58+,66-,69-/m0/s1. The number of rotatable bonds is 15. The molecule has 592 valence electrons. The zero-order valence-electron chi connectivity index (χ0n) is 58.7. The summed E-state index contributed by atoms with van der Waals surface area (Å²) in [5.41, 5.74) is 0.950. The molecule has 11 bridgehead atoms. The number of carbonyl (C=O) groups is 10. The molecule has 7 heterocycles. The molecule has 19 N–H and O–H groups in total. The second kappa shape index (κ2) is 34.1. The first-order chi connectivity index (χ1) is 51.9. The van der Waals surface area contributed by atoms with Crippen molar-refractivity contribution in [1.29, 1.82) is 0 Å². The van der Waals surface area contributed by atoms with Gasteiger partial charge < -0.3 is 131 Å². The number of nitrogens with zero attached hydrogens (tertiary/aromatic N) is 1. The number of amides is 9. The molecule has 5 aromatic rings. The summed E-state index contributed by atoms with van der Waals surface area (Å²) in [6.45, 7) is 5.19. The lowest BCUT2D eigenvalue weighted by Gasteiger charge is -2.48. The molecule has 0 saturated carbocycles. The number of aliphatic hydroxyl groups excluding tert-OH is 6. The number of ether oxygens (including phenoxy) is 7. The Morgan fingerprint density at radius 2 is 1.35 bits per heavy atom. The minimum Gasteiger partial charge on any atom is -0.508 e. The van der Waals surface area contributed by atoms with Crippen molar-refractivity contribution in [1.82, 2.24) is 42.1 Å². The van der Waals surface area contributed by atoms with Crippen LogP contribution in [0.3, 0.4) is 0 Å². The quantitative estimate of drug-likeness (QED) is 0.0636. The normalized spacial score (nSPS) is 27.8. The Balaban J connectivity index is 1.23. The number of alkyl carbamates (subject to hydrolysis) is 1.